The molecule has 0 aliphatic carbocycles. The number of aryl methyl sites for hydroxylation is 1. The number of carbonyl (C=O) groups excluding carboxylic acids is 1. The number of hydrogen-bond acceptors (Lipinski definition) is 3. The van der Waals surface area contributed by atoms with Crippen LogP contribution in [-0.2, 0) is 0 Å². The molecule has 0 fully saturated rings. The smallest absolute Gasteiger partial charge is 0.254 e. The second-order valence-corrected chi connectivity index (χ2v) is 4.70. The van der Waals surface area contributed by atoms with Crippen LogP contribution in [0.1, 0.15) is 15.9 Å². The van der Waals surface area contributed by atoms with E-state index in [-0.39, 0.29) is 17.2 Å². The Balaban J connectivity index is 2.40. The average molecular weight is 325 g/mol. The number of nitrogens with zero attached hydrogens (tertiary/aromatic N) is 1. The van der Waals surface area contributed by atoms with E-state index in [1.54, 1.807) is 19.1 Å². The highest BCUT2D eigenvalue weighted by molar-refractivity contribution is 9.10. The minimum Gasteiger partial charge on any atom is -0.438 e. The van der Waals surface area contributed by atoms with E-state index < -0.39 is 11.7 Å². The largest absolute Gasteiger partial charge is 0.438 e. The van der Waals surface area contributed by atoms with Gasteiger partial charge in [-0.25, -0.2) is 9.37 Å². The van der Waals surface area contributed by atoms with Gasteiger partial charge in [-0.1, -0.05) is 0 Å². The topological polar surface area (TPSA) is 65.2 Å². The summed E-state index contributed by atoms with van der Waals surface area (Å²) in [6, 6.07) is 5.90. The van der Waals surface area contributed by atoms with Gasteiger partial charge in [-0.2, -0.15) is 0 Å². The summed E-state index contributed by atoms with van der Waals surface area (Å²) < 4.78 is 19.1. The molecule has 2 N–H and O–H groups in total. The van der Waals surface area contributed by atoms with Crippen molar-refractivity contribution in [2.75, 3.05) is 0 Å². The van der Waals surface area contributed by atoms with Crippen molar-refractivity contribution in [2.45, 2.75) is 6.92 Å². The lowest BCUT2D eigenvalue weighted by atomic mass is 10.1. The highest BCUT2D eigenvalue weighted by Gasteiger charge is 2.15. The molecule has 1 aromatic heterocycles. The van der Waals surface area contributed by atoms with Crippen LogP contribution in [0.15, 0.2) is 34.9 Å². The summed E-state index contributed by atoms with van der Waals surface area (Å²) in [5, 5.41) is 0. The third-order valence-electron chi connectivity index (χ3n) is 2.48. The first-order valence-corrected chi connectivity index (χ1v) is 6.16. The number of primary amides is 1. The second kappa shape index (κ2) is 5.36. The van der Waals surface area contributed by atoms with E-state index in [1.807, 2.05) is 0 Å². The second-order valence-electron chi connectivity index (χ2n) is 3.85. The molecule has 1 aromatic carbocycles. The highest BCUT2D eigenvalue weighted by atomic mass is 79.9. The Kier molecular flexibility index (Phi) is 3.80. The molecule has 2 rings (SSSR count). The molecule has 0 spiro atoms. The van der Waals surface area contributed by atoms with Crippen molar-refractivity contribution in [1.29, 1.82) is 0 Å². The monoisotopic (exact) mass is 324 g/mol. The molecule has 1 amide bonds. The van der Waals surface area contributed by atoms with Gasteiger partial charge in [0.25, 0.3) is 5.91 Å². The van der Waals surface area contributed by atoms with Crippen LogP contribution in [0.4, 0.5) is 4.39 Å². The van der Waals surface area contributed by atoms with Gasteiger partial charge in [-0.15, -0.1) is 0 Å². The lowest BCUT2D eigenvalue weighted by Gasteiger charge is -2.10. The first-order chi connectivity index (χ1) is 8.99. The van der Waals surface area contributed by atoms with Crippen LogP contribution in [0.2, 0.25) is 0 Å². The molecule has 0 saturated carbocycles. The van der Waals surface area contributed by atoms with E-state index >= 15 is 0 Å². The quantitative estimate of drug-likeness (QED) is 0.942. The first-order valence-electron chi connectivity index (χ1n) is 5.37. The van der Waals surface area contributed by atoms with Gasteiger partial charge in [-0.3, -0.25) is 4.79 Å². The lowest BCUT2D eigenvalue weighted by molar-refractivity contribution is 0.0997. The Morgan fingerprint density at radius 1 is 1.42 bits per heavy atom. The van der Waals surface area contributed by atoms with E-state index in [4.69, 9.17) is 10.5 Å². The number of aromatic nitrogens is 1. The van der Waals surface area contributed by atoms with E-state index in [0.717, 1.165) is 0 Å². The minimum absolute atomic E-state index is 0.0641. The number of nitrogens with two attached hydrogens (primary N) is 1. The van der Waals surface area contributed by atoms with Crippen molar-refractivity contribution in [2.24, 2.45) is 5.73 Å². The van der Waals surface area contributed by atoms with Crippen molar-refractivity contribution in [3.8, 4) is 11.6 Å². The maximum absolute atomic E-state index is 13.4. The van der Waals surface area contributed by atoms with E-state index in [1.165, 1.54) is 18.3 Å². The number of ether oxygens (including phenoxy) is 1. The van der Waals surface area contributed by atoms with Crippen LogP contribution >= 0.6 is 15.9 Å². The maximum Gasteiger partial charge on any atom is 0.254 e. The third kappa shape index (κ3) is 2.90. The number of carbonyl (C=O) groups is 1. The standard InChI is InChI=1S/C13H10BrFN2O2/c1-7-4-5-17-13(11(7)12(16)18)19-8-2-3-9(14)10(15)6-8/h2-6H,1H3,(H2,16,18). The molecule has 0 aliphatic rings. The fraction of sp³-hybridized carbons (Fsp3) is 0.0769. The summed E-state index contributed by atoms with van der Waals surface area (Å²) in [6.07, 6.45) is 1.49. The van der Waals surface area contributed by atoms with Gasteiger partial charge < -0.3 is 10.5 Å². The zero-order valence-electron chi connectivity index (χ0n) is 9.98. The minimum atomic E-state index is -0.641. The normalized spacial score (nSPS) is 10.3. The van der Waals surface area contributed by atoms with Gasteiger partial charge in [0, 0.05) is 12.3 Å². The lowest BCUT2D eigenvalue weighted by Crippen LogP contribution is -2.14. The fourth-order valence-electron chi connectivity index (χ4n) is 1.56. The SMILES string of the molecule is Cc1ccnc(Oc2ccc(Br)c(F)c2)c1C(N)=O. The van der Waals surface area contributed by atoms with Crippen molar-refractivity contribution >= 4 is 21.8 Å². The molecule has 4 nitrogen and oxygen atoms in total. The van der Waals surface area contributed by atoms with E-state index in [9.17, 15) is 9.18 Å². The van der Waals surface area contributed by atoms with Crippen molar-refractivity contribution < 1.29 is 13.9 Å². The Morgan fingerprint density at radius 3 is 2.79 bits per heavy atom. The van der Waals surface area contributed by atoms with Gasteiger partial charge in [0.2, 0.25) is 5.88 Å². The average Bonchev–Trinajstić information content (AvgIpc) is 2.33. The molecule has 0 radical (unpaired) electrons. The zero-order chi connectivity index (χ0) is 14.0. The molecule has 2 aromatic rings. The number of rotatable bonds is 3. The van der Waals surface area contributed by atoms with Crippen molar-refractivity contribution in [3.05, 3.63) is 51.9 Å². The van der Waals surface area contributed by atoms with Crippen LogP contribution in [0, 0.1) is 12.7 Å². The molecule has 1 heterocycles. The predicted molar refractivity (Wildman–Crippen MR) is 71.7 cm³/mol. The molecular weight excluding hydrogens is 315 g/mol. The van der Waals surface area contributed by atoms with Gasteiger partial charge >= 0.3 is 0 Å². The van der Waals surface area contributed by atoms with Crippen LogP contribution in [-0.4, -0.2) is 10.9 Å². The number of hydrogen-bond donors (Lipinski definition) is 1. The summed E-state index contributed by atoms with van der Waals surface area (Å²) in [6.45, 7) is 1.72. The number of amides is 1. The Morgan fingerprint density at radius 2 is 2.16 bits per heavy atom. The van der Waals surface area contributed by atoms with Crippen LogP contribution in [0.5, 0.6) is 11.6 Å². The van der Waals surface area contributed by atoms with Crippen molar-refractivity contribution in [3.63, 3.8) is 0 Å². The zero-order valence-corrected chi connectivity index (χ0v) is 11.6. The molecule has 0 atom stereocenters. The molecule has 0 aliphatic heterocycles. The molecule has 6 heteroatoms. The number of pyridine rings is 1. The molecule has 0 saturated heterocycles. The summed E-state index contributed by atoms with van der Waals surface area (Å²) in [5.74, 6) is -0.806. The van der Waals surface area contributed by atoms with E-state index in [0.29, 0.717) is 10.0 Å². The summed E-state index contributed by atoms with van der Waals surface area (Å²) in [4.78, 5) is 15.3. The van der Waals surface area contributed by atoms with Crippen LogP contribution in [0.25, 0.3) is 0 Å². The van der Waals surface area contributed by atoms with Crippen molar-refractivity contribution in [1.82, 2.24) is 4.98 Å². The van der Waals surface area contributed by atoms with Crippen LogP contribution < -0.4 is 10.5 Å². The first kappa shape index (κ1) is 13.5. The van der Waals surface area contributed by atoms with Gasteiger partial charge in [0.15, 0.2) is 0 Å². The number of halogens is 2. The highest BCUT2D eigenvalue weighted by Crippen LogP contribution is 2.27. The summed E-state index contributed by atoms with van der Waals surface area (Å²) >= 11 is 3.04. The van der Waals surface area contributed by atoms with Gasteiger partial charge in [0.1, 0.15) is 17.1 Å². The maximum atomic E-state index is 13.4. The molecule has 19 heavy (non-hydrogen) atoms. The molecule has 98 valence electrons. The van der Waals surface area contributed by atoms with Crippen LogP contribution in [0.3, 0.4) is 0 Å². The Labute approximate surface area is 117 Å². The third-order valence-corrected chi connectivity index (χ3v) is 3.12. The Hall–Kier alpha value is -1.95. The molecular formula is C13H10BrFN2O2. The summed E-state index contributed by atoms with van der Waals surface area (Å²) in [7, 11) is 0. The summed E-state index contributed by atoms with van der Waals surface area (Å²) in [5.41, 5.74) is 6.12. The Bertz CT molecular complexity index is 647. The predicted octanol–water partition coefficient (Wildman–Crippen LogP) is 3.18. The van der Waals surface area contributed by atoms with Gasteiger partial charge in [0.05, 0.1) is 4.47 Å². The molecule has 0 bridgehead atoms. The number of benzene rings is 1. The van der Waals surface area contributed by atoms with Gasteiger partial charge in [-0.05, 0) is 46.6 Å². The molecule has 0 unspecified atom stereocenters. The fourth-order valence-corrected chi connectivity index (χ4v) is 1.81. The van der Waals surface area contributed by atoms with E-state index in [2.05, 4.69) is 20.9 Å².